The largest absolute Gasteiger partial charge is 0.373 e. The zero-order valence-corrected chi connectivity index (χ0v) is 12.5. The van der Waals surface area contributed by atoms with Gasteiger partial charge in [-0.05, 0) is 26.7 Å². The van der Waals surface area contributed by atoms with Crippen molar-refractivity contribution in [3.8, 4) is 0 Å². The van der Waals surface area contributed by atoms with Crippen molar-refractivity contribution < 1.29 is 0 Å². The van der Waals surface area contributed by atoms with E-state index in [1.165, 1.54) is 12.8 Å². The molecule has 0 aliphatic rings. The predicted molar refractivity (Wildman–Crippen MR) is 78.2 cm³/mol. The second kappa shape index (κ2) is 6.57. The van der Waals surface area contributed by atoms with Gasteiger partial charge in [0.2, 0.25) is 0 Å². The molecule has 0 spiro atoms. The highest BCUT2D eigenvalue weighted by Gasteiger charge is 2.16. The fourth-order valence-electron chi connectivity index (χ4n) is 2.34. The molecule has 18 heavy (non-hydrogen) atoms. The van der Waals surface area contributed by atoms with E-state index in [0.29, 0.717) is 12.0 Å². The molecule has 0 radical (unpaired) electrons. The van der Waals surface area contributed by atoms with Gasteiger partial charge in [-0.1, -0.05) is 26.7 Å². The molecule has 1 atom stereocenters. The van der Waals surface area contributed by atoms with Gasteiger partial charge in [0.15, 0.2) is 0 Å². The smallest absolute Gasteiger partial charge is 0.134 e. The maximum atomic E-state index is 4.51. The Balaban J connectivity index is 2.93. The number of hydrogen-bond donors (Lipinski definition) is 2. The van der Waals surface area contributed by atoms with Crippen LogP contribution < -0.4 is 10.6 Å². The maximum absolute atomic E-state index is 4.51. The quantitative estimate of drug-likeness (QED) is 0.812. The Morgan fingerprint density at radius 3 is 2.11 bits per heavy atom. The standard InChI is InChI=1S/C14H26N4/c1-7-12(8-2)10(4)16-14-9(3)13(15-6)17-11(5)18-14/h10,12H,7-8H2,1-6H3,(H2,15,16,17,18). The summed E-state index contributed by atoms with van der Waals surface area (Å²) in [6.45, 7) is 10.7. The minimum Gasteiger partial charge on any atom is -0.373 e. The van der Waals surface area contributed by atoms with E-state index in [9.17, 15) is 0 Å². The molecule has 1 heterocycles. The van der Waals surface area contributed by atoms with Crippen molar-refractivity contribution in [1.29, 1.82) is 0 Å². The van der Waals surface area contributed by atoms with Crippen LogP contribution in [0.4, 0.5) is 11.6 Å². The van der Waals surface area contributed by atoms with Crippen molar-refractivity contribution in [3.63, 3.8) is 0 Å². The van der Waals surface area contributed by atoms with Crippen LogP contribution in [-0.2, 0) is 0 Å². The van der Waals surface area contributed by atoms with Crippen LogP contribution in [0.25, 0.3) is 0 Å². The first kappa shape index (κ1) is 14.7. The summed E-state index contributed by atoms with van der Waals surface area (Å²) in [6.07, 6.45) is 2.37. The van der Waals surface area contributed by atoms with Crippen LogP contribution in [0, 0.1) is 19.8 Å². The number of aromatic nitrogens is 2. The number of aryl methyl sites for hydroxylation is 1. The summed E-state index contributed by atoms with van der Waals surface area (Å²) in [6, 6.07) is 0.428. The molecule has 0 aromatic carbocycles. The first-order valence-electron chi connectivity index (χ1n) is 6.82. The lowest BCUT2D eigenvalue weighted by Crippen LogP contribution is -2.26. The molecule has 1 unspecified atom stereocenters. The molecule has 0 saturated carbocycles. The molecule has 0 aliphatic heterocycles. The lowest BCUT2D eigenvalue weighted by molar-refractivity contribution is 0.437. The molecule has 0 fully saturated rings. The van der Waals surface area contributed by atoms with Gasteiger partial charge < -0.3 is 10.6 Å². The van der Waals surface area contributed by atoms with Crippen molar-refractivity contribution in [1.82, 2.24) is 9.97 Å². The summed E-state index contributed by atoms with van der Waals surface area (Å²) in [7, 11) is 1.89. The number of rotatable bonds is 6. The topological polar surface area (TPSA) is 49.8 Å². The van der Waals surface area contributed by atoms with Crippen molar-refractivity contribution >= 4 is 11.6 Å². The zero-order chi connectivity index (χ0) is 13.7. The molecule has 0 amide bonds. The summed E-state index contributed by atoms with van der Waals surface area (Å²) in [5.74, 6) is 3.33. The van der Waals surface area contributed by atoms with Crippen molar-refractivity contribution in [2.45, 2.75) is 53.5 Å². The Labute approximate surface area is 111 Å². The van der Waals surface area contributed by atoms with E-state index in [1.807, 2.05) is 20.9 Å². The molecular weight excluding hydrogens is 224 g/mol. The van der Waals surface area contributed by atoms with Crippen LogP contribution >= 0.6 is 0 Å². The Hall–Kier alpha value is -1.32. The molecule has 0 bridgehead atoms. The van der Waals surface area contributed by atoms with Crippen LogP contribution in [0.3, 0.4) is 0 Å². The van der Waals surface area contributed by atoms with Gasteiger partial charge in [0.1, 0.15) is 17.5 Å². The van der Waals surface area contributed by atoms with Crippen LogP contribution in [-0.4, -0.2) is 23.1 Å². The first-order chi connectivity index (χ1) is 8.53. The summed E-state index contributed by atoms with van der Waals surface area (Å²) in [4.78, 5) is 8.89. The number of nitrogens with one attached hydrogen (secondary N) is 2. The van der Waals surface area contributed by atoms with E-state index in [1.54, 1.807) is 0 Å². The minimum atomic E-state index is 0.428. The molecule has 4 heteroatoms. The van der Waals surface area contributed by atoms with Crippen molar-refractivity contribution in [2.24, 2.45) is 5.92 Å². The molecule has 1 aromatic heterocycles. The van der Waals surface area contributed by atoms with Gasteiger partial charge in [-0.2, -0.15) is 0 Å². The molecular formula is C14H26N4. The molecule has 102 valence electrons. The number of anilines is 2. The monoisotopic (exact) mass is 250 g/mol. The minimum absolute atomic E-state index is 0.428. The van der Waals surface area contributed by atoms with E-state index in [2.05, 4.69) is 41.4 Å². The normalized spacial score (nSPS) is 12.6. The fraction of sp³-hybridized carbons (Fsp3) is 0.714. The lowest BCUT2D eigenvalue weighted by atomic mass is 9.95. The first-order valence-corrected chi connectivity index (χ1v) is 6.82. The van der Waals surface area contributed by atoms with E-state index in [4.69, 9.17) is 0 Å². The van der Waals surface area contributed by atoms with Crippen molar-refractivity contribution in [3.05, 3.63) is 11.4 Å². The third-order valence-electron chi connectivity index (χ3n) is 3.61. The maximum Gasteiger partial charge on any atom is 0.134 e. The van der Waals surface area contributed by atoms with Crippen LogP contribution in [0.2, 0.25) is 0 Å². The lowest BCUT2D eigenvalue weighted by Gasteiger charge is -2.24. The summed E-state index contributed by atoms with van der Waals surface area (Å²) >= 11 is 0. The summed E-state index contributed by atoms with van der Waals surface area (Å²) in [5, 5.41) is 6.65. The second-order valence-corrected chi connectivity index (χ2v) is 4.85. The van der Waals surface area contributed by atoms with Gasteiger partial charge in [0.05, 0.1) is 0 Å². The Kier molecular flexibility index (Phi) is 5.38. The van der Waals surface area contributed by atoms with E-state index in [0.717, 1.165) is 23.0 Å². The molecule has 1 rings (SSSR count). The SMILES string of the molecule is CCC(CC)C(C)Nc1nc(C)nc(NC)c1C. The predicted octanol–water partition coefficient (Wildman–Crippen LogP) is 3.37. The Morgan fingerprint density at radius 2 is 1.61 bits per heavy atom. The van der Waals surface area contributed by atoms with Gasteiger partial charge in [-0.25, -0.2) is 9.97 Å². The van der Waals surface area contributed by atoms with Crippen molar-refractivity contribution in [2.75, 3.05) is 17.7 Å². The molecule has 1 aromatic rings. The molecule has 2 N–H and O–H groups in total. The molecule has 0 aliphatic carbocycles. The van der Waals surface area contributed by atoms with Gasteiger partial charge >= 0.3 is 0 Å². The highest BCUT2D eigenvalue weighted by atomic mass is 15.1. The zero-order valence-electron chi connectivity index (χ0n) is 12.5. The van der Waals surface area contributed by atoms with Gasteiger partial charge in [0.25, 0.3) is 0 Å². The molecule has 0 saturated heterocycles. The van der Waals surface area contributed by atoms with Crippen LogP contribution in [0.15, 0.2) is 0 Å². The fourth-order valence-corrected chi connectivity index (χ4v) is 2.34. The van der Waals surface area contributed by atoms with Gasteiger partial charge in [-0.3, -0.25) is 0 Å². The third-order valence-corrected chi connectivity index (χ3v) is 3.61. The van der Waals surface area contributed by atoms with Gasteiger partial charge in [0, 0.05) is 18.7 Å². The van der Waals surface area contributed by atoms with Crippen LogP contribution in [0.1, 0.15) is 45.0 Å². The highest BCUT2D eigenvalue weighted by Crippen LogP contribution is 2.23. The average molecular weight is 250 g/mol. The highest BCUT2D eigenvalue weighted by molar-refractivity contribution is 5.57. The van der Waals surface area contributed by atoms with E-state index >= 15 is 0 Å². The van der Waals surface area contributed by atoms with E-state index < -0.39 is 0 Å². The number of nitrogens with zero attached hydrogens (tertiary/aromatic N) is 2. The Bertz CT molecular complexity index is 386. The second-order valence-electron chi connectivity index (χ2n) is 4.85. The average Bonchev–Trinajstić information content (AvgIpc) is 2.34. The van der Waals surface area contributed by atoms with Crippen LogP contribution in [0.5, 0.6) is 0 Å². The Morgan fingerprint density at radius 1 is 1.06 bits per heavy atom. The number of hydrogen-bond acceptors (Lipinski definition) is 4. The van der Waals surface area contributed by atoms with Gasteiger partial charge in [-0.15, -0.1) is 0 Å². The summed E-state index contributed by atoms with van der Waals surface area (Å²) in [5.41, 5.74) is 1.08. The van der Waals surface area contributed by atoms with E-state index in [-0.39, 0.29) is 0 Å². The molecule has 4 nitrogen and oxygen atoms in total. The summed E-state index contributed by atoms with van der Waals surface area (Å²) < 4.78 is 0. The third kappa shape index (κ3) is 3.34.